The van der Waals surface area contributed by atoms with Crippen LogP contribution in [0.25, 0.3) is 0 Å². The van der Waals surface area contributed by atoms with Gasteiger partial charge in [-0.1, -0.05) is 0 Å². The summed E-state index contributed by atoms with van der Waals surface area (Å²) in [5, 5.41) is 0. The van der Waals surface area contributed by atoms with E-state index >= 15 is 0 Å². The summed E-state index contributed by atoms with van der Waals surface area (Å²) in [6.07, 6.45) is -0.218. The Kier molecular flexibility index (Phi) is 4.67. The zero-order chi connectivity index (χ0) is 15.5. The van der Waals surface area contributed by atoms with Crippen LogP contribution in [0.1, 0.15) is 18.9 Å². The lowest BCUT2D eigenvalue weighted by atomic mass is 9.76. The number of halogens is 2. The van der Waals surface area contributed by atoms with Crippen LogP contribution in [0, 0.1) is 17.0 Å². The quantitative estimate of drug-likeness (QED) is 0.630. The molecule has 1 heterocycles. The molecule has 114 valence electrons. The summed E-state index contributed by atoms with van der Waals surface area (Å²) in [5.74, 6) is -2.41. The molecule has 0 N–H and O–H groups in total. The minimum atomic E-state index is -1.59. The molecule has 1 unspecified atom stereocenters. The summed E-state index contributed by atoms with van der Waals surface area (Å²) >= 11 is 0. The maximum atomic E-state index is 13.8. The molecule has 1 aromatic carbocycles. The van der Waals surface area contributed by atoms with Gasteiger partial charge in [0.05, 0.1) is 19.8 Å². The Morgan fingerprint density at radius 1 is 1.43 bits per heavy atom. The molecule has 21 heavy (non-hydrogen) atoms. The Balaban J connectivity index is 2.38. The lowest BCUT2D eigenvalue weighted by Gasteiger charge is -2.33. The first-order chi connectivity index (χ1) is 9.99. The van der Waals surface area contributed by atoms with E-state index in [9.17, 15) is 18.4 Å². The number of hydrogen-bond donors (Lipinski definition) is 0. The van der Waals surface area contributed by atoms with Crippen LogP contribution >= 0.6 is 0 Å². The summed E-state index contributed by atoms with van der Waals surface area (Å²) in [6, 6.07) is 2.94. The Morgan fingerprint density at radius 3 is 2.86 bits per heavy atom. The fourth-order valence-electron chi connectivity index (χ4n) is 2.40. The Hall–Kier alpha value is -1.82. The van der Waals surface area contributed by atoms with E-state index in [1.54, 1.807) is 6.92 Å². The number of carbonyl (C=O) groups is 2. The minimum absolute atomic E-state index is 0.0399. The van der Waals surface area contributed by atoms with E-state index in [1.807, 2.05) is 0 Å². The van der Waals surface area contributed by atoms with Crippen LogP contribution in [0.3, 0.4) is 0 Å². The van der Waals surface area contributed by atoms with Crippen LogP contribution in [-0.2, 0) is 25.5 Å². The van der Waals surface area contributed by atoms with Gasteiger partial charge in [0.2, 0.25) is 0 Å². The van der Waals surface area contributed by atoms with E-state index in [0.717, 1.165) is 18.2 Å². The van der Waals surface area contributed by atoms with Crippen molar-refractivity contribution in [1.82, 2.24) is 0 Å². The molecular formula is C15H16F2O4. The molecule has 0 amide bonds. The highest BCUT2D eigenvalue weighted by molar-refractivity contribution is 6.04. The standard InChI is InChI=1S/C15H16F2O4/c1-2-21-14(19)15(9-20-6-5-13(15)18)8-10-7-11(16)3-4-12(10)17/h3-4,7H,2,5-6,8-9H2,1H3. The number of carbonyl (C=O) groups excluding carboxylic acids is 2. The average molecular weight is 298 g/mol. The summed E-state index contributed by atoms with van der Waals surface area (Å²) < 4.78 is 37.2. The number of hydrogen-bond acceptors (Lipinski definition) is 4. The maximum Gasteiger partial charge on any atom is 0.322 e. The van der Waals surface area contributed by atoms with E-state index in [4.69, 9.17) is 9.47 Å². The molecule has 1 fully saturated rings. The van der Waals surface area contributed by atoms with Crippen molar-refractivity contribution >= 4 is 11.8 Å². The van der Waals surface area contributed by atoms with Gasteiger partial charge in [0.15, 0.2) is 11.2 Å². The summed E-state index contributed by atoms with van der Waals surface area (Å²) in [6.45, 7) is 1.74. The second-order valence-corrected chi connectivity index (χ2v) is 4.94. The molecule has 1 atom stereocenters. The van der Waals surface area contributed by atoms with Gasteiger partial charge in [-0.05, 0) is 30.7 Å². The van der Waals surface area contributed by atoms with Crippen LogP contribution in [0.4, 0.5) is 8.78 Å². The summed E-state index contributed by atoms with van der Waals surface area (Å²) in [4.78, 5) is 24.4. The van der Waals surface area contributed by atoms with Crippen molar-refractivity contribution in [3.05, 3.63) is 35.4 Å². The number of benzene rings is 1. The molecule has 1 aromatic rings. The molecule has 1 aliphatic heterocycles. The summed E-state index contributed by atoms with van der Waals surface area (Å²) in [5.41, 5.74) is -1.63. The topological polar surface area (TPSA) is 52.6 Å². The van der Waals surface area contributed by atoms with Crippen LogP contribution in [0.5, 0.6) is 0 Å². The van der Waals surface area contributed by atoms with Gasteiger partial charge in [-0.25, -0.2) is 8.78 Å². The predicted octanol–water partition coefficient (Wildman–Crippen LogP) is 2.05. The molecule has 0 saturated carbocycles. The number of rotatable bonds is 4. The van der Waals surface area contributed by atoms with Crippen molar-refractivity contribution < 1.29 is 27.8 Å². The monoisotopic (exact) mass is 298 g/mol. The third kappa shape index (κ3) is 3.10. The molecule has 2 rings (SSSR count). The predicted molar refractivity (Wildman–Crippen MR) is 69.6 cm³/mol. The first kappa shape index (κ1) is 15.6. The largest absolute Gasteiger partial charge is 0.465 e. The third-order valence-corrected chi connectivity index (χ3v) is 3.52. The number of Topliss-reactive ketones (excluding diaryl/α,β-unsaturated/α-hetero) is 1. The van der Waals surface area contributed by atoms with Crippen LogP contribution in [0.15, 0.2) is 18.2 Å². The van der Waals surface area contributed by atoms with E-state index in [0.29, 0.717) is 0 Å². The Bertz CT molecular complexity index is 559. The molecule has 0 bridgehead atoms. The van der Waals surface area contributed by atoms with Gasteiger partial charge in [0.1, 0.15) is 11.6 Å². The number of ether oxygens (including phenoxy) is 2. The molecule has 4 nitrogen and oxygen atoms in total. The molecule has 1 aliphatic rings. The van der Waals surface area contributed by atoms with E-state index in [2.05, 4.69) is 0 Å². The molecule has 0 radical (unpaired) electrons. The van der Waals surface area contributed by atoms with Crippen molar-refractivity contribution in [3.63, 3.8) is 0 Å². The van der Waals surface area contributed by atoms with Gasteiger partial charge in [0.25, 0.3) is 0 Å². The first-order valence-electron chi connectivity index (χ1n) is 6.72. The van der Waals surface area contributed by atoms with Gasteiger partial charge in [0, 0.05) is 12.8 Å². The van der Waals surface area contributed by atoms with Gasteiger partial charge >= 0.3 is 5.97 Å². The zero-order valence-corrected chi connectivity index (χ0v) is 11.7. The van der Waals surface area contributed by atoms with Crippen LogP contribution in [0.2, 0.25) is 0 Å². The molecular weight excluding hydrogens is 282 g/mol. The highest BCUT2D eigenvalue weighted by atomic mass is 19.1. The van der Waals surface area contributed by atoms with Gasteiger partial charge in [-0.3, -0.25) is 9.59 Å². The fourth-order valence-corrected chi connectivity index (χ4v) is 2.40. The fraction of sp³-hybridized carbons (Fsp3) is 0.467. The second-order valence-electron chi connectivity index (χ2n) is 4.94. The van der Waals surface area contributed by atoms with Crippen molar-refractivity contribution in [2.75, 3.05) is 19.8 Å². The molecule has 0 spiro atoms. The highest BCUT2D eigenvalue weighted by Crippen LogP contribution is 2.32. The lowest BCUT2D eigenvalue weighted by Crippen LogP contribution is -2.49. The van der Waals surface area contributed by atoms with Crippen molar-refractivity contribution in [3.8, 4) is 0 Å². The molecule has 0 aromatic heterocycles. The smallest absolute Gasteiger partial charge is 0.322 e. The van der Waals surface area contributed by atoms with E-state index < -0.39 is 23.0 Å². The van der Waals surface area contributed by atoms with Crippen LogP contribution in [-0.4, -0.2) is 31.6 Å². The Labute approximate surface area is 121 Å². The number of ketones is 1. The maximum absolute atomic E-state index is 13.8. The summed E-state index contributed by atoms with van der Waals surface area (Å²) in [7, 11) is 0. The highest BCUT2D eigenvalue weighted by Gasteiger charge is 2.49. The van der Waals surface area contributed by atoms with E-state index in [1.165, 1.54) is 0 Å². The van der Waals surface area contributed by atoms with Crippen LogP contribution < -0.4 is 0 Å². The zero-order valence-electron chi connectivity index (χ0n) is 11.7. The first-order valence-corrected chi connectivity index (χ1v) is 6.72. The normalized spacial score (nSPS) is 22.1. The van der Waals surface area contributed by atoms with Crippen molar-refractivity contribution in [2.45, 2.75) is 19.8 Å². The van der Waals surface area contributed by atoms with Crippen molar-refractivity contribution in [2.24, 2.45) is 5.41 Å². The van der Waals surface area contributed by atoms with Crippen molar-refractivity contribution in [1.29, 1.82) is 0 Å². The van der Waals surface area contributed by atoms with Gasteiger partial charge in [-0.15, -0.1) is 0 Å². The SMILES string of the molecule is CCOC(=O)C1(Cc2cc(F)ccc2F)COCCC1=O. The minimum Gasteiger partial charge on any atom is -0.465 e. The van der Waals surface area contributed by atoms with Gasteiger partial charge in [-0.2, -0.15) is 0 Å². The average Bonchev–Trinajstić information content (AvgIpc) is 2.45. The second kappa shape index (κ2) is 6.30. The third-order valence-electron chi connectivity index (χ3n) is 3.52. The Morgan fingerprint density at radius 2 is 2.19 bits per heavy atom. The molecule has 6 heteroatoms. The van der Waals surface area contributed by atoms with Gasteiger partial charge < -0.3 is 9.47 Å². The van der Waals surface area contributed by atoms with E-state index in [-0.39, 0.29) is 44.0 Å². The lowest BCUT2D eigenvalue weighted by molar-refractivity contribution is -0.169. The molecule has 1 saturated heterocycles. The number of esters is 1. The molecule has 0 aliphatic carbocycles.